The third-order valence-electron chi connectivity index (χ3n) is 2.50. The molecule has 0 unspecified atom stereocenters. The summed E-state index contributed by atoms with van der Waals surface area (Å²) in [6.07, 6.45) is 0. The Morgan fingerprint density at radius 1 is 1.13 bits per heavy atom. The molecule has 0 aliphatic carbocycles. The van der Waals surface area contributed by atoms with Crippen LogP contribution in [0.3, 0.4) is 0 Å². The van der Waals surface area contributed by atoms with E-state index in [-0.39, 0.29) is 5.75 Å². The van der Waals surface area contributed by atoms with E-state index in [1.54, 1.807) is 18.2 Å². The smallest absolute Gasteiger partial charge is 0.123 e. The second kappa shape index (κ2) is 3.87. The molecule has 0 radical (unpaired) electrons. The van der Waals surface area contributed by atoms with Crippen molar-refractivity contribution in [2.45, 2.75) is 6.04 Å². The summed E-state index contributed by atoms with van der Waals surface area (Å²) in [5, 5.41) is 11.1. The normalized spacial score (nSPS) is 12.9. The maximum Gasteiger partial charge on any atom is 0.123 e. The molecule has 2 aromatic rings. The topological polar surface area (TPSA) is 46.2 Å². The van der Waals surface area contributed by atoms with Crippen molar-refractivity contribution in [2.75, 3.05) is 6.67 Å². The monoisotopic (exact) mass is 205 g/mol. The van der Waals surface area contributed by atoms with Crippen LogP contribution in [0.15, 0.2) is 36.4 Å². The summed E-state index contributed by atoms with van der Waals surface area (Å²) < 4.78 is 12.5. The number of fused-ring (bicyclic) bond motifs is 1. The highest BCUT2D eigenvalue weighted by atomic mass is 19.1. The van der Waals surface area contributed by atoms with Gasteiger partial charge in [-0.05, 0) is 17.0 Å². The SMILES string of the molecule is N[C@H](CF)c1ccc(O)c2ccccc12. The van der Waals surface area contributed by atoms with Crippen molar-refractivity contribution < 1.29 is 9.50 Å². The molecule has 0 heterocycles. The number of phenolic OH excluding ortho intramolecular Hbond substituents is 1. The number of aromatic hydroxyl groups is 1. The van der Waals surface area contributed by atoms with Gasteiger partial charge in [-0.1, -0.05) is 30.3 Å². The molecule has 0 bridgehead atoms. The molecule has 0 saturated carbocycles. The number of halogens is 1. The van der Waals surface area contributed by atoms with Crippen LogP contribution in [0.2, 0.25) is 0 Å². The lowest BCUT2D eigenvalue weighted by atomic mass is 9.99. The molecular weight excluding hydrogens is 193 g/mol. The van der Waals surface area contributed by atoms with Gasteiger partial charge in [0.05, 0.1) is 6.04 Å². The van der Waals surface area contributed by atoms with E-state index in [1.807, 2.05) is 18.2 Å². The van der Waals surface area contributed by atoms with E-state index in [0.717, 1.165) is 10.9 Å². The molecule has 0 spiro atoms. The molecule has 78 valence electrons. The van der Waals surface area contributed by atoms with Crippen LogP contribution < -0.4 is 5.73 Å². The van der Waals surface area contributed by atoms with Crippen LogP contribution in [0.4, 0.5) is 4.39 Å². The maximum absolute atomic E-state index is 12.5. The van der Waals surface area contributed by atoms with Gasteiger partial charge in [0.1, 0.15) is 12.4 Å². The summed E-state index contributed by atoms with van der Waals surface area (Å²) in [6.45, 7) is -0.602. The lowest BCUT2D eigenvalue weighted by Gasteiger charge is -2.11. The number of alkyl halides is 1. The Bertz CT molecular complexity index is 484. The minimum absolute atomic E-state index is 0.195. The van der Waals surface area contributed by atoms with Crippen molar-refractivity contribution in [3.05, 3.63) is 42.0 Å². The van der Waals surface area contributed by atoms with Crippen molar-refractivity contribution >= 4 is 10.8 Å². The van der Waals surface area contributed by atoms with E-state index in [1.165, 1.54) is 0 Å². The quantitative estimate of drug-likeness (QED) is 0.791. The fourth-order valence-corrected chi connectivity index (χ4v) is 1.71. The summed E-state index contributed by atoms with van der Waals surface area (Å²) >= 11 is 0. The van der Waals surface area contributed by atoms with Crippen molar-refractivity contribution in [3.8, 4) is 5.75 Å². The highest BCUT2D eigenvalue weighted by Crippen LogP contribution is 2.30. The molecule has 2 rings (SSSR count). The van der Waals surface area contributed by atoms with E-state index < -0.39 is 12.7 Å². The third-order valence-corrected chi connectivity index (χ3v) is 2.50. The number of nitrogens with two attached hydrogens (primary N) is 1. The van der Waals surface area contributed by atoms with Crippen molar-refractivity contribution in [1.29, 1.82) is 0 Å². The molecule has 0 fully saturated rings. The van der Waals surface area contributed by atoms with Gasteiger partial charge in [-0.3, -0.25) is 0 Å². The van der Waals surface area contributed by atoms with Gasteiger partial charge in [0.2, 0.25) is 0 Å². The zero-order valence-electron chi connectivity index (χ0n) is 8.15. The second-order valence-corrected chi connectivity index (χ2v) is 3.48. The maximum atomic E-state index is 12.5. The summed E-state index contributed by atoms with van der Waals surface area (Å²) in [4.78, 5) is 0. The van der Waals surface area contributed by atoms with Gasteiger partial charge >= 0.3 is 0 Å². The van der Waals surface area contributed by atoms with E-state index in [0.29, 0.717) is 5.39 Å². The molecule has 2 nitrogen and oxygen atoms in total. The van der Waals surface area contributed by atoms with Crippen LogP contribution >= 0.6 is 0 Å². The summed E-state index contributed by atoms with van der Waals surface area (Å²) in [7, 11) is 0. The fourth-order valence-electron chi connectivity index (χ4n) is 1.71. The summed E-state index contributed by atoms with van der Waals surface area (Å²) in [5.41, 5.74) is 6.38. The van der Waals surface area contributed by atoms with Gasteiger partial charge in [0, 0.05) is 5.39 Å². The molecule has 3 heteroatoms. The van der Waals surface area contributed by atoms with Gasteiger partial charge in [-0.25, -0.2) is 4.39 Å². The van der Waals surface area contributed by atoms with Gasteiger partial charge < -0.3 is 10.8 Å². The van der Waals surface area contributed by atoms with Crippen molar-refractivity contribution in [3.63, 3.8) is 0 Å². The Hall–Kier alpha value is -1.61. The molecule has 0 aliphatic heterocycles. The standard InChI is InChI=1S/C12H12FNO/c13-7-11(14)9-5-6-12(15)10-4-2-1-3-8(9)10/h1-6,11,15H,7,14H2/t11-/m1/s1. The Kier molecular flexibility index (Phi) is 2.56. The van der Waals surface area contributed by atoms with Gasteiger partial charge in [0.25, 0.3) is 0 Å². The molecule has 0 aromatic heterocycles. The molecule has 3 N–H and O–H groups in total. The first-order valence-electron chi connectivity index (χ1n) is 4.76. The van der Waals surface area contributed by atoms with Crippen LogP contribution in [-0.2, 0) is 0 Å². The van der Waals surface area contributed by atoms with Crippen LogP contribution in [-0.4, -0.2) is 11.8 Å². The number of phenols is 1. The highest BCUT2D eigenvalue weighted by Gasteiger charge is 2.10. The van der Waals surface area contributed by atoms with E-state index in [9.17, 15) is 9.50 Å². The Morgan fingerprint density at radius 2 is 1.80 bits per heavy atom. The largest absolute Gasteiger partial charge is 0.507 e. The van der Waals surface area contributed by atoms with Crippen LogP contribution in [0.1, 0.15) is 11.6 Å². The van der Waals surface area contributed by atoms with E-state index in [2.05, 4.69) is 0 Å². The zero-order chi connectivity index (χ0) is 10.8. The fraction of sp³-hybridized carbons (Fsp3) is 0.167. The first-order chi connectivity index (χ1) is 7.24. The number of hydrogen-bond acceptors (Lipinski definition) is 2. The molecule has 2 aromatic carbocycles. The average molecular weight is 205 g/mol. The third kappa shape index (κ3) is 1.66. The number of hydrogen-bond donors (Lipinski definition) is 2. The molecule has 1 atom stereocenters. The number of rotatable bonds is 2. The first-order valence-corrected chi connectivity index (χ1v) is 4.76. The zero-order valence-corrected chi connectivity index (χ0v) is 8.15. The van der Waals surface area contributed by atoms with E-state index in [4.69, 9.17) is 5.73 Å². The first kappa shape index (κ1) is 9.93. The van der Waals surface area contributed by atoms with E-state index >= 15 is 0 Å². The predicted octanol–water partition coefficient (Wildman–Crippen LogP) is 2.51. The van der Waals surface area contributed by atoms with Crippen molar-refractivity contribution in [2.24, 2.45) is 5.73 Å². The molecule has 15 heavy (non-hydrogen) atoms. The molecular formula is C12H12FNO. The van der Waals surface area contributed by atoms with Gasteiger partial charge in [-0.2, -0.15) is 0 Å². The summed E-state index contributed by atoms with van der Waals surface area (Å²) in [6, 6.07) is 9.88. The Balaban J connectivity index is 2.71. The Labute approximate surface area is 87.1 Å². The van der Waals surface area contributed by atoms with Crippen LogP contribution in [0.25, 0.3) is 10.8 Å². The summed E-state index contributed by atoms with van der Waals surface area (Å²) in [5.74, 6) is 0.195. The lowest BCUT2D eigenvalue weighted by molar-refractivity contribution is 0.438. The van der Waals surface area contributed by atoms with Crippen LogP contribution in [0, 0.1) is 0 Å². The minimum atomic E-state index is -0.629. The van der Waals surface area contributed by atoms with Crippen molar-refractivity contribution in [1.82, 2.24) is 0 Å². The average Bonchev–Trinajstić information content (AvgIpc) is 2.29. The minimum Gasteiger partial charge on any atom is -0.507 e. The van der Waals surface area contributed by atoms with Gasteiger partial charge in [0.15, 0.2) is 0 Å². The number of benzene rings is 2. The van der Waals surface area contributed by atoms with Crippen LogP contribution in [0.5, 0.6) is 5.75 Å². The molecule has 0 amide bonds. The highest BCUT2D eigenvalue weighted by molar-refractivity contribution is 5.91. The Morgan fingerprint density at radius 3 is 2.47 bits per heavy atom. The molecule has 0 saturated heterocycles. The lowest BCUT2D eigenvalue weighted by Crippen LogP contribution is -2.12. The molecule has 0 aliphatic rings. The second-order valence-electron chi connectivity index (χ2n) is 3.48. The van der Waals surface area contributed by atoms with Gasteiger partial charge in [-0.15, -0.1) is 0 Å². The predicted molar refractivity (Wildman–Crippen MR) is 58.5 cm³/mol.